The molecular formula is C18H12BrClN4O3S2. The Morgan fingerprint density at radius 2 is 2.03 bits per heavy atom. The molecule has 0 bridgehead atoms. The Morgan fingerprint density at radius 3 is 2.76 bits per heavy atom. The molecule has 0 unspecified atom stereocenters. The third-order valence-electron chi connectivity index (χ3n) is 4.13. The molecule has 2 heterocycles. The summed E-state index contributed by atoms with van der Waals surface area (Å²) in [5.74, 6) is 0.593. The lowest BCUT2D eigenvalue weighted by molar-refractivity contribution is 0.416. The largest absolute Gasteiger partial charge is 0.496 e. The van der Waals surface area contributed by atoms with Gasteiger partial charge in [-0.2, -0.15) is 0 Å². The van der Waals surface area contributed by atoms with Gasteiger partial charge in [0.25, 0.3) is 10.0 Å². The second-order valence-electron chi connectivity index (χ2n) is 5.86. The van der Waals surface area contributed by atoms with Gasteiger partial charge in [-0.25, -0.2) is 8.42 Å². The number of anilines is 1. The van der Waals surface area contributed by atoms with Crippen molar-refractivity contribution in [3.05, 3.63) is 57.6 Å². The fraction of sp³-hybridized carbons (Fsp3) is 0.0556. The van der Waals surface area contributed by atoms with Gasteiger partial charge < -0.3 is 4.74 Å². The molecule has 29 heavy (non-hydrogen) atoms. The summed E-state index contributed by atoms with van der Waals surface area (Å²) in [6.07, 6.45) is 1.61. The maximum atomic E-state index is 12.7. The maximum absolute atomic E-state index is 12.7. The Morgan fingerprint density at radius 1 is 1.21 bits per heavy atom. The van der Waals surface area contributed by atoms with Crippen molar-refractivity contribution in [2.75, 3.05) is 11.8 Å². The molecule has 7 nitrogen and oxygen atoms in total. The number of nitrogens with one attached hydrogen (secondary N) is 1. The Hall–Kier alpha value is -2.27. The van der Waals surface area contributed by atoms with Gasteiger partial charge in [-0.15, -0.1) is 10.2 Å². The molecule has 4 aromatic rings. The molecule has 0 atom stereocenters. The smallest absolute Gasteiger partial charge is 0.263 e. The number of methoxy groups -OCH3 is 1. The van der Waals surface area contributed by atoms with Gasteiger partial charge >= 0.3 is 0 Å². The van der Waals surface area contributed by atoms with Crippen LogP contribution in [0.25, 0.3) is 22.0 Å². The van der Waals surface area contributed by atoms with Crippen LogP contribution in [0, 0.1) is 0 Å². The van der Waals surface area contributed by atoms with Gasteiger partial charge in [-0.05, 0) is 51.6 Å². The van der Waals surface area contributed by atoms with E-state index in [9.17, 15) is 8.42 Å². The lowest BCUT2D eigenvalue weighted by Gasteiger charge is -2.13. The van der Waals surface area contributed by atoms with E-state index in [2.05, 4.69) is 35.8 Å². The second kappa shape index (κ2) is 7.86. The van der Waals surface area contributed by atoms with Crippen LogP contribution >= 0.6 is 38.9 Å². The van der Waals surface area contributed by atoms with E-state index >= 15 is 0 Å². The Bertz CT molecular complexity index is 1310. The van der Waals surface area contributed by atoms with Gasteiger partial charge in [-0.3, -0.25) is 9.71 Å². The average Bonchev–Trinajstić information content (AvgIpc) is 3.21. The lowest BCUT2D eigenvalue weighted by atomic mass is 10.0. The summed E-state index contributed by atoms with van der Waals surface area (Å²) in [4.78, 5) is 4.58. The van der Waals surface area contributed by atoms with Crippen LogP contribution in [0.1, 0.15) is 0 Å². The predicted octanol–water partition coefficient (Wildman–Crippen LogP) is 4.98. The molecule has 4 rings (SSSR count). The van der Waals surface area contributed by atoms with E-state index in [1.54, 1.807) is 43.6 Å². The number of hydrogen-bond donors (Lipinski definition) is 1. The third kappa shape index (κ3) is 3.93. The van der Waals surface area contributed by atoms with Crippen molar-refractivity contribution >= 4 is 64.8 Å². The summed E-state index contributed by atoms with van der Waals surface area (Å²) in [7, 11) is -2.23. The molecular weight excluding hydrogens is 500 g/mol. The van der Waals surface area contributed by atoms with Crippen molar-refractivity contribution in [1.82, 2.24) is 15.2 Å². The lowest BCUT2D eigenvalue weighted by Crippen LogP contribution is -2.12. The third-order valence-corrected chi connectivity index (χ3v) is 7.39. The Labute approximate surface area is 183 Å². The summed E-state index contributed by atoms with van der Waals surface area (Å²) < 4.78 is 33.9. The van der Waals surface area contributed by atoms with Crippen LogP contribution in [-0.2, 0) is 10.0 Å². The summed E-state index contributed by atoms with van der Waals surface area (Å²) >= 11 is 10.8. The minimum Gasteiger partial charge on any atom is -0.496 e. The number of pyridine rings is 1. The normalized spacial score (nSPS) is 11.6. The fourth-order valence-electron chi connectivity index (χ4n) is 2.81. The van der Waals surface area contributed by atoms with E-state index in [0.717, 1.165) is 16.7 Å². The van der Waals surface area contributed by atoms with Gasteiger partial charge in [-0.1, -0.05) is 29.0 Å². The highest BCUT2D eigenvalue weighted by Gasteiger charge is 2.19. The van der Waals surface area contributed by atoms with Crippen LogP contribution < -0.4 is 9.46 Å². The summed E-state index contributed by atoms with van der Waals surface area (Å²) in [5.41, 5.74) is 2.79. The molecule has 148 valence electrons. The molecule has 0 spiro atoms. The van der Waals surface area contributed by atoms with E-state index in [0.29, 0.717) is 31.9 Å². The Kier molecular flexibility index (Phi) is 5.43. The highest BCUT2D eigenvalue weighted by Crippen LogP contribution is 2.39. The molecule has 0 saturated heterocycles. The number of aromatic nitrogens is 3. The zero-order valence-corrected chi connectivity index (χ0v) is 18.7. The maximum Gasteiger partial charge on any atom is 0.263 e. The molecule has 0 amide bonds. The van der Waals surface area contributed by atoms with Crippen molar-refractivity contribution in [2.45, 2.75) is 4.90 Å². The molecule has 0 aliphatic heterocycles. The highest BCUT2D eigenvalue weighted by atomic mass is 79.9. The minimum absolute atomic E-state index is 0.109. The first-order valence-corrected chi connectivity index (χ1v) is 11.6. The monoisotopic (exact) mass is 510 g/mol. The number of ether oxygens (including phenoxy) is 1. The van der Waals surface area contributed by atoms with E-state index in [-0.39, 0.29) is 10.0 Å². The molecule has 0 aliphatic carbocycles. The van der Waals surface area contributed by atoms with E-state index < -0.39 is 10.0 Å². The first-order valence-electron chi connectivity index (χ1n) is 8.10. The number of fused-ring (bicyclic) bond motifs is 1. The quantitative estimate of drug-likeness (QED) is 0.406. The predicted molar refractivity (Wildman–Crippen MR) is 117 cm³/mol. The van der Waals surface area contributed by atoms with Crippen LogP contribution in [-0.4, -0.2) is 30.7 Å². The van der Waals surface area contributed by atoms with Crippen molar-refractivity contribution in [3.63, 3.8) is 0 Å². The van der Waals surface area contributed by atoms with Crippen molar-refractivity contribution in [2.24, 2.45) is 0 Å². The van der Waals surface area contributed by atoms with Crippen molar-refractivity contribution < 1.29 is 13.2 Å². The fourth-order valence-corrected chi connectivity index (χ4v) is 5.03. The zero-order chi connectivity index (χ0) is 20.6. The van der Waals surface area contributed by atoms with Crippen LogP contribution in [0.4, 0.5) is 5.13 Å². The van der Waals surface area contributed by atoms with Gasteiger partial charge in [0.1, 0.15) is 11.3 Å². The molecule has 1 N–H and O–H groups in total. The minimum atomic E-state index is -3.79. The Balaban J connectivity index is 1.83. The van der Waals surface area contributed by atoms with Gasteiger partial charge in [0.15, 0.2) is 0 Å². The van der Waals surface area contributed by atoms with Crippen LogP contribution in [0.5, 0.6) is 5.75 Å². The number of sulfonamides is 1. The second-order valence-corrected chi connectivity index (χ2v) is 9.64. The van der Waals surface area contributed by atoms with E-state index in [1.807, 2.05) is 0 Å². The molecule has 11 heteroatoms. The average molecular weight is 512 g/mol. The van der Waals surface area contributed by atoms with Gasteiger partial charge in [0.05, 0.1) is 22.7 Å². The number of rotatable bonds is 5. The van der Waals surface area contributed by atoms with Crippen molar-refractivity contribution in [1.29, 1.82) is 0 Å². The standard InChI is InChI=1S/C18H12BrClN4O3S2/c1-27-16-8-14(19)15(20)7-13(16)17-12-3-2-11(6-10(12)4-5-21-17)29(25,26)24-18-23-22-9-28-18/h2-9H,1H3,(H,23,24). The first-order chi connectivity index (χ1) is 13.9. The van der Waals surface area contributed by atoms with Gasteiger partial charge in [0.2, 0.25) is 5.13 Å². The van der Waals surface area contributed by atoms with Crippen molar-refractivity contribution in [3.8, 4) is 17.0 Å². The van der Waals surface area contributed by atoms with Gasteiger partial charge in [0, 0.05) is 21.6 Å². The number of benzene rings is 2. The molecule has 0 fully saturated rings. The SMILES string of the molecule is COc1cc(Br)c(Cl)cc1-c1nccc2cc(S(=O)(=O)Nc3nncs3)ccc12. The molecule has 2 aromatic carbocycles. The number of hydrogen-bond acceptors (Lipinski definition) is 7. The van der Waals surface area contributed by atoms with Crippen LogP contribution in [0.2, 0.25) is 5.02 Å². The summed E-state index contributed by atoms with van der Waals surface area (Å²) in [6, 6.07) is 10.1. The van der Waals surface area contributed by atoms with Crippen LogP contribution in [0.15, 0.2) is 57.5 Å². The van der Waals surface area contributed by atoms with E-state index in [1.165, 1.54) is 11.6 Å². The number of nitrogens with zero attached hydrogens (tertiary/aromatic N) is 3. The molecule has 0 aliphatic rings. The summed E-state index contributed by atoms with van der Waals surface area (Å²) in [5, 5.41) is 9.53. The molecule has 2 aromatic heterocycles. The van der Waals surface area contributed by atoms with Crippen LogP contribution in [0.3, 0.4) is 0 Å². The summed E-state index contributed by atoms with van der Waals surface area (Å²) in [6.45, 7) is 0. The zero-order valence-electron chi connectivity index (χ0n) is 14.8. The topological polar surface area (TPSA) is 94.1 Å². The van der Waals surface area contributed by atoms with E-state index in [4.69, 9.17) is 16.3 Å². The first kappa shape index (κ1) is 20.0. The highest BCUT2D eigenvalue weighted by molar-refractivity contribution is 9.10. The molecule has 0 saturated carbocycles. The molecule has 0 radical (unpaired) electrons. The number of halogens is 2.